The van der Waals surface area contributed by atoms with E-state index in [1.165, 1.54) is 25.7 Å². The standard InChI is InChI=1S/C7H12O2S/c8-7(9)5-10-6-3-1-2-4-6/h6H,1-5H2,(H,8,9). The lowest BCUT2D eigenvalue weighted by atomic mass is 10.4. The molecule has 1 N–H and O–H groups in total. The second-order valence-corrected chi connectivity index (χ2v) is 3.90. The number of aliphatic carboxylic acids is 1. The van der Waals surface area contributed by atoms with Gasteiger partial charge >= 0.3 is 5.97 Å². The van der Waals surface area contributed by atoms with Crippen molar-refractivity contribution >= 4 is 17.7 Å². The van der Waals surface area contributed by atoms with Crippen LogP contribution >= 0.6 is 11.8 Å². The fourth-order valence-electron chi connectivity index (χ4n) is 1.24. The maximum Gasteiger partial charge on any atom is 0.313 e. The van der Waals surface area contributed by atoms with Gasteiger partial charge in [0.15, 0.2) is 0 Å². The number of carboxylic acids is 1. The Hall–Kier alpha value is -0.180. The normalized spacial score (nSPS) is 19.6. The minimum absolute atomic E-state index is 0.282. The van der Waals surface area contributed by atoms with Crippen molar-refractivity contribution in [1.29, 1.82) is 0 Å². The summed E-state index contributed by atoms with van der Waals surface area (Å²) >= 11 is 1.59. The SMILES string of the molecule is O=C(O)CSC1CCCC1. The molecule has 0 spiro atoms. The summed E-state index contributed by atoms with van der Waals surface area (Å²) in [7, 11) is 0. The van der Waals surface area contributed by atoms with Gasteiger partial charge in [-0.25, -0.2) is 0 Å². The second-order valence-electron chi connectivity index (χ2n) is 2.61. The summed E-state index contributed by atoms with van der Waals surface area (Å²) in [6.45, 7) is 0. The number of thioether (sulfide) groups is 1. The van der Waals surface area contributed by atoms with E-state index in [0.717, 1.165) is 0 Å². The van der Waals surface area contributed by atoms with Crippen LogP contribution in [0, 0.1) is 0 Å². The minimum atomic E-state index is -0.683. The van der Waals surface area contributed by atoms with Gasteiger partial charge in [0.05, 0.1) is 5.75 Å². The van der Waals surface area contributed by atoms with E-state index >= 15 is 0 Å². The first-order valence-electron chi connectivity index (χ1n) is 3.62. The number of hydrogen-bond acceptors (Lipinski definition) is 2. The van der Waals surface area contributed by atoms with Gasteiger partial charge in [0, 0.05) is 5.25 Å². The highest BCUT2D eigenvalue weighted by atomic mass is 32.2. The monoisotopic (exact) mass is 160 g/mol. The van der Waals surface area contributed by atoms with Crippen molar-refractivity contribution in [3.8, 4) is 0 Å². The number of hydrogen-bond donors (Lipinski definition) is 1. The van der Waals surface area contributed by atoms with Crippen LogP contribution in [0.1, 0.15) is 25.7 Å². The number of carboxylic acid groups (broad SMARTS) is 1. The van der Waals surface area contributed by atoms with Gasteiger partial charge < -0.3 is 5.11 Å². The van der Waals surface area contributed by atoms with E-state index in [1.807, 2.05) is 0 Å². The van der Waals surface area contributed by atoms with Crippen molar-refractivity contribution in [3.05, 3.63) is 0 Å². The van der Waals surface area contributed by atoms with Crippen molar-refractivity contribution in [3.63, 3.8) is 0 Å². The molecule has 0 aromatic rings. The molecule has 3 heteroatoms. The molecule has 1 fully saturated rings. The highest BCUT2D eigenvalue weighted by Crippen LogP contribution is 2.28. The van der Waals surface area contributed by atoms with E-state index in [0.29, 0.717) is 5.25 Å². The summed E-state index contributed by atoms with van der Waals surface area (Å²) < 4.78 is 0. The molecule has 0 radical (unpaired) electrons. The summed E-state index contributed by atoms with van der Waals surface area (Å²) in [5, 5.41) is 8.99. The fraction of sp³-hybridized carbons (Fsp3) is 0.857. The molecule has 0 amide bonds. The van der Waals surface area contributed by atoms with Gasteiger partial charge in [-0.05, 0) is 12.8 Å². The smallest absolute Gasteiger partial charge is 0.313 e. The first-order chi connectivity index (χ1) is 4.79. The zero-order chi connectivity index (χ0) is 7.40. The Bertz CT molecular complexity index is 119. The third-order valence-corrected chi connectivity index (χ3v) is 3.10. The summed E-state index contributed by atoms with van der Waals surface area (Å²) in [6, 6.07) is 0. The van der Waals surface area contributed by atoms with Crippen LogP contribution in [0.15, 0.2) is 0 Å². The lowest BCUT2D eigenvalue weighted by Gasteiger charge is -2.04. The molecule has 0 saturated heterocycles. The van der Waals surface area contributed by atoms with Crippen LogP contribution in [0.25, 0.3) is 0 Å². The summed E-state index contributed by atoms with van der Waals surface area (Å²) in [5.41, 5.74) is 0. The third kappa shape index (κ3) is 2.60. The summed E-state index contributed by atoms with van der Waals surface area (Å²) in [6.07, 6.45) is 5.02. The average Bonchev–Trinajstić information content (AvgIpc) is 2.34. The van der Waals surface area contributed by atoms with E-state index in [2.05, 4.69) is 0 Å². The first kappa shape index (κ1) is 7.92. The van der Waals surface area contributed by atoms with E-state index < -0.39 is 5.97 Å². The second kappa shape index (κ2) is 3.86. The van der Waals surface area contributed by atoms with Crippen molar-refractivity contribution < 1.29 is 9.90 Å². The van der Waals surface area contributed by atoms with Crippen LogP contribution in [-0.4, -0.2) is 22.1 Å². The fourth-order valence-corrected chi connectivity index (χ4v) is 2.29. The average molecular weight is 160 g/mol. The van der Waals surface area contributed by atoms with E-state index in [9.17, 15) is 4.79 Å². The molecule has 2 nitrogen and oxygen atoms in total. The molecule has 0 aliphatic heterocycles. The van der Waals surface area contributed by atoms with Crippen LogP contribution < -0.4 is 0 Å². The molecule has 0 atom stereocenters. The van der Waals surface area contributed by atoms with Crippen LogP contribution in [0.5, 0.6) is 0 Å². The molecule has 58 valence electrons. The van der Waals surface area contributed by atoms with Gasteiger partial charge in [-0.1, -0.05) is 12.8 Å². The maximum atomic E-state index is 10.1. The largest absolute Gasteiger partial charge is 0.481 e. The Labute approximate surface area is 65.0 Å². The Morgan fingerprint density at radius 3 is 2.60 bits per heavy atom. The lowest BCUT2D eigenvalue weighted by molar-refractivity contribution is -0.133. The van der Waals surface area contributed by atoms with Gasteiger partial charge in [-0.15, -0.1) is 11.8 Å². The third-order valence-electron chi connectivity index (χ3n) is 1.74. The molecule has 0 aromatic carbocycles. The number of rotatable bonds is 3. The summed E-state index contributed by atoms with van der Waals surface area (Å²) in [4.78, 5) is 10.1. The van der Waals surface area contributed by atoms with Crippen molar-refractivity contribution in [2.45, 2.75) is 30.9 Å². The minimum Gasteiger partial charge on any atom is -0.481 e. The molecule has 0 heterocycles. The Kier molecular flexibility index (Phi) is 3.06. The van der Waals surface area contributed by atoms with Gasteiger partial charge in [-0.2, -0.15) is 0 Å². The van der Waals surface area contributed by atoms with E-state index in [-0.39, 0.29) is 5.75 Å². The van der Waals surface area contributed by atoms with Gasteiger partial charge in [-0.3, -0.25) is 4.79 Å². The van der Waals surface area contributed by atoms with Gasteiger partial charge in [0.1, 0.15) is 0 Å². The highest BCUT2D eigenvalue weighted by molar-refractivity contribution is 8.00. The van der Waals surface area contributed by atoms with Crippen molar-refractivity contribution in [2.24, 2.45) is 0 Å². The molecule has 0 bridgehead atoms. The lowest BCUT2D eigenvalue weighted by Crippen LogP contribution is -2.03. The predicted molar refractivity (Wildman–Crippen MR) is 42.3 cm³/mol. The Balaban J connectivity index is 2.07. The van der Waals surface area contributed by atoms with Crippen LogP contribution in [0.3, 0.4) is 0 Å². The zero-order valence-electron chi connectivity index (χ0n) is 5.88. The quantitative estimate of drug-likeness (QED) is 0.683. The molecule has 1 aliphatic rings. The summed E-state index contributed by atoms with van der Waals surface area (Å²) in [5.74, 6) is -0.401. The molecule has 10 heavy (non-hydrogen) atoms. The van der Waals surface area contributed by atoms with Crippen molar-refractivity contribution in [1.82, 2.24) is 0 Å². The van der Waals surface area contributed by atoms with Crippen molar-refractivity contribution in [2.75, 3.05) is 5.75 Å². The van der Waals surface area contributed by atoms with E-state index in [4.69, 9.17) is 5.11 Å². The topological polar surface area (TPSA) is 37.3 Å². The highest BCUT2D eigenvalue weighted by Gasteiger charge is 2.15. The predicted octanol–water partition coefficient (Wildman–Crippen LogP) is 1.75. The van der Waals surface area contributed by atoms with Crippen LogP contribution in [-0.2, 0) is 4.79 Å². The van der Waals surface area contributed by atoms with Gasteiger partial charge in [0.25, 0.3) is 0 Å². The Morgan fingerprint density at radius 2 is 2.10 bits per heavy atom. The Morgan fingerprint density at radius 1 is 1.50 bits per heavy atom. The maximum absolute atomic E-state index is 10.1. The molecule has 1 aliphatic carbocycles. The first-order valence-corrected chi connectivity index (χ1v) is 4.67. The van der Waals surface area contributed by atoms with E-state index in [1.54, 1.807) is 11.8 Å². The number of carbonyl (C=O) groups is 1. The zero-order valence-corrected chi connectivity index (χ0v) is 6.69. The molecular formula is C7H12O2S. The molecule has 1 rings (SSSR count). The molecule has 1 saturated carbocycles. The molecular weight excluding hydrogens is 148 g/mol. The molecule has 0 aromatic heterocycles. The molecule has 0 unspecified atom stereocenters. The van der Waals surface area contributed by atoms with Crippen LogP contribution in [0.2, 0.25) is 0 Å². The van der Waals surface area contributed by atoms with Crippen LogP contribution in [0.4, 0.5) is 0 Å². The van der Waals surface area contributed by atoms with Gasteiger partial charge in [0.2, 0.25) is 0 Å².